The van der Waals surface area contributed by atoms with E-state index in [-0.39, 0.29) is 18.9 Å². The number of ether oxygens (including phenoxy) is 2. The van der Waals surface area contributed by atoms with Crippen LogP contribution in [0.3, 0.4) is 0 Å². The van der Waals surface area contributed by atoms with Crippen LogP contribution in [0.1, 0.15) is 95.2 Å². The average Bonchev–Trinajstić information content (AvgIpc) is 3.86. The molecule has 14 heteroatoms. The van der Waals surface area contributed by atoms with Crippen molar-refractivity contribution in [1.82, 2.24) is 25.2 Å². The Bertz CT molecular complexity index is 1810. The molecule has 6 atom stereocenters. The fourth-order valence-corrected chi connectivity index (χ4v) is 9.62. The first-order valence-corrected chi connectivity index (χ1v) is 19.8. The summed E-state index contributed by atoms with van der Waals surface area (Å²) >= 11 is 0. The van der Waals surface area contributed by atoms with Crippen molar-refractivity contribution in [1.29, 1.82) is 0 Å². The SMILES string of the molecule is CCC(C)(C)OC(=O)N[C@H]1CCCCC/C=C\[C@@H]2C[C@@]2(C2=C3CC3S(=O)(=O)N2)NC(=O)[C@@H]2CC(OC(=O)N3Cc4cccc(C)c4C3)CN2C1=O. The Morgan fingerprint density at radius 1 is 1.14 bits per heavy atom. The summed E-state index contributed by atoms with van der Waals surface area (Å²) in [6.07, 6.45) is 7.21. The van der Waals surface area contributed by atoms with Crippen molar-refractivity contribution in [3.63, 3.8) is 0 Å². The second-order valence-corrected chi connectivity index (χ2v) is 17.5. The lowest BCUT2D eigenvalue weighted by Gasteiger charge is -2.31. The minimum absolute atomic E-state index is 0.0326. The summed E-state index contributed by atoms with van der Waals surface area (Å²) in [7, 11) is -3.54. The van der Waals surface area contributed by atoms with Gasteiger partial charge in [-0.15, -0.1) is 0 Å². The molecule has 4 amide bonds. The molecule has 13 nitrogen and oxygen atoms in total. The zero-order chi connectivity index (χ0) is 36.3. The second kappa shape index (κ2) is 13.2. The van der Waals surface area contributed by atoms with E-state index in [1.165, 1.54) is 4.90 Å². The van der Waals surface area contributed by atoms with Crippen molar-refractivity contribution in [2.75, 3.05) is 6.54 Å². The lowest BCUT2D eigenvalue weighted by Crippen LogP contribution is -2.56. The van der Waals surface area contributed by atoms with Crippen LogP contribution in [-0.2, 0) is 42.2 Å². The van der Waals surface area contributed by atoms with Crippen molar-refractivity contribution >= 4 is 34.0 Å². The summed E-state index contributed by atoms with van der Waals surface area (Å²) in [5, 5.41) is 5.40. The highest BCUT2D eigenvalue weighted by Gasteiger charge is 2.65. The molecule has 0 bridgehead atoms. The molecule has 0 spiro atoms. The number of alkyl carbamates (subject to hydrolysis) is 1. The van der Waals surface area contributed by atoms with Crippen molar-refractivity contribution in [3.05, 3.63) is 58.3 Å². The van der Waals surface area contributed by atoms with Crippen LogP contribution in [0.5, 0.6) is 0 Å². The molecular weight excluding hydrogens is 675 g/mol. The smallest absolute Gasteiger partial charge is 0.410 e. The van der Waals surface area contributed by atoms with Crippen molar-refractivity contribution in [2.24, 2.45) is 5.92 Å². The van der Waals surface area contributed by atoms with Crippen molar-refractivity contribution in [2.45, 2.75) is 133 Å². The lowest BCUT2D eigenvalue weighted by molar-refractivity contribution is -0.140. The number of amides is 4. The van der Waals surface area contributed by atoms with Crippen LogP contribution < -0.4 is 15.4 Å². The number of nitrogens with zero attached hydrogens (tertiary/aromatic N) is 2. The Hall–Kier alpha value is -4.07. The molecule has 2 unspecified atom stereocenters. The van der Waals surface area contributed by atoms with Crippen LogP contribution in [0.25, 0.3) is 0 Å². The van der Waals surface area contributed by atoms with Gasteiger partial charge in [0, 0.05) is 25.4 Å². The molecule has 4 heterocycles. The summed E-state index contributed by atoms with van der Waals surface area (Å²) in [6, 6.07) is 3.97. The molecule has 276 valence electrons. The van der Waals surface area contributed by atoms with Gasteiger partial charge in [0.1, 0.15) is 29.0 Å². The van der Waals surface area contributed by atoms with E-state index >= 15 is 0 Å². The van der Waals surface area contributed by atoms with Gasteiger partial charge in [-0.1, -0.05) is 50.1 Å². The zero-order valence-electron chi connectivity index (χ0n) is 29.8. The van der Waals surface area contributed by atoms with E-state index in [4.69, 9.17) is 9.47 Å². The molecule has 3 N–H and O–H groups in total. The summed E-state index contributed by atoms with van der Waals surface area (Å²) in [5.74, 6) is -1.02. The summed E-state index contributed by atoms with van der Waals surface area (Å²) in [6.45, 7) is 8.29. The third kappa shape index (κ3) is 6.95. The van der Waals surface area contributed by atoms with E-state index in [1.807, 2.05) is 32.0 Å². The van der Waals surface area contributed by atoms with Crippen molar-refractivity contribution < 1.29 is 37.1 Å². The third-order valence-electron chi connectivity index (χ3n) is 11.5. The predicted molar refractivity (Wildman–Crippen MR) is 187 cm³/mol. The molecule has 0 aromatic heterocycles. The maximum atomic E-state index is 14.4. The fourth-order valence-electron chi connectivity index (χ4n) is 7.99. The molecule has 2 aliphatic carbocycles. The molecule has 3 fully saturated rings. The number of rotatable bonds is 5. The van der Waals surface area contributed by atoms with Gasteiger partial charge in [0.2, 0.25) is 21.8 Å². The van der Waals surface area contributed by atoms with Gasteiger partial charge in [0.25, 0.3) is 0 Å². The number of aryl methyl sites for hydroxylation is 1. The molecule has 1 saturated heterocycles. The molecule has 51 heavy (non-hydrogen) atoms. The monoisotopic (exact) mass is 723 g/mol. The van der Waals surface area contributed by atoms with Crippen LogP contribution in [0, 0.1) is 12.8 Å². The first-order valence-electron chi connectivity index (χ1n) is 18.3. The van der Waals surface area contributed by atoms with Gasteiger partial charge >= 0.3 is 12.2 Å². The van der Waals surface area contributed by atoms with Crippen LogP contribution in [-0.4, -0.2) is 83.3 Å². The number of benzene rings is 1. The Labute approximate surface area is 299 Å². The first kappa shape index (κ1) is 35.3. The van der Waals surface area contributed by atoms with Crippen molar-refractivity contribution in [3.8, 4) is 0 Å². The van der Waals surface area contributed by atoms with Gasteiger partial charge in [-0.3, -0.25) is 19.2 Å². The summed E-state index contributed by atoms with van der Waals surface area (Å²) in [5.41, 5.74) is 2.91. The Morgan fingerprint density at radius 2 is 1.94 bits per heavy atom. The third-order valence-corrected chi connectivity index (χ3v) is 13.2. The standard InChI is InChI=1S/C37H49N5O8S/c1-5-36(3,4)50-34(45)38-28-15-10-8-6-7-9-14-24-18-37(24,31-26-17-30(26)51(47,48)40-31)39-32(43)29-16-25(20-42(29)33(28)44)49-35(46)41-19-23-13-11-12-22(2)27(23)21-41/h9,11-14,24-25,28-30,40H,5-8,10,15-21H2,1-4H3,(H,38,45)(H,39,43)/b14-9-/t24-,25?,28+,29+,30?,37-/m1/s1. The predicted octanol–water partition coefficient (Wildman–Crippen LogP) is 4.05. The average molecular weight is 724 g/mol. The Balaban J connectivity index is 1.15. The molecule has 1 aromatic rings. The van der Waals surface area contributed by atoms with E-state index < -0.39 is 68.6 Å². The highest BCUT2D eigenvalue weighted by atomic mass is 32.2. The maximum Gasteiger partial charge on any atom is 0.410 e. The van der Waals surface area contributed by atoms with Gasteiger partial charge in [0.15, 0.2) is 0 Å². The normalized spacial score (nSPS) is 31.9. The fraction of sp³-hybridized carbons (Fsp3) is 0.622. The second-order valence-electron chi connectivity index (χ2n) is 15.6. The molecule has 6 aliphatic rings. The topological polar surface area (TPSA) is 163 Å². The minimum Gasteiger partial charge on any atom is -0.444 e. The van der Waals surface area contributed by atoms with Gasteiger partial charge in [-0.2, -0.15) is 0 Å². The van der Waals surface area contributed by atoms with E-state index in [9.17, 15) is 27.6 Å². The highest BCUT2D eigenvalue weighted by molar-refractivity contribution is 7.91. The number of allylic oxidation sites excluding steroid dienone is 1. The van der Waals surface area contributed by atoms with Gasteiger partial charge < -0.3 is 25.0 Å². The number of hydrogen-bond donors (Lipinski definition) is 3. The lowest BCUT2D eigenvalue weighted by atomic mass is 10.0. The van der Waals surface area contributed by atoms with Crippen LogP contribution in [0.15, 0.2) is 41.6 Å². The van der Waals surface area contributed by atoms with E-state index in [1.54, 1.807) is 18.7 Å². The van der Waals surface area contributed by atoms with E-state index in [2.05, 4.69) is 27.5 Å². The highest BCUT2D eigenvalue weighted by Crippen LogP contribution is 2.57. The van der Waals surface area contributed by atoms with E-state index in [0.717, 1.165) is 41.5 Å². The Kier molecular flexibility index (Phi) is 9.12. The van der Waals surface area contributed by atoms with Crippen LogP contribution in [0.4, 0.5) is 9.59 Å². The number of sulfonamides is 1. The van der Waals surface area contributed by atoms with E-state index in [0.29, 0.717) is 50.9 Å². The van der Waals surface area contributed by atoms with Gasteiger partial charge in [-0.05, 0) is 81.6 Å². The minimum atomic E-state index is -3.54. The summed E-state index contributed by atoms with van der Waals surface area (Å²) < 4.78 is 39.9. The molecular formula is C37H49N5O8S. The maximum absolute atomic E-state index is 14.4. The molecule has 4 aliphatic heterocycles. The number of carbonyl (C=O) groups is 4. The zero-order valence-corrected chi connectivity index (χ0v) is 30.6. The van der Waals surface area contributed by atoms with Gasteiger partial charge in [-0.25, -0.2) is 18.0 Å². The largest absolute Gasteiger partial charge is 0.444 e. The number of carbonyl (C=O) groups excluding carboxylic acids is 4. The molecule has 1 aromatic carbocycles. The number of nitrogens with one attached hydrogen (secondary N) is 3. The number of hydrogen-bond acceptors (Lipinski definition) is 8. The molecule has 7 rings (SSSR count). The quantitative estimate of drug-likeness (QED) is 0.383. The first-order chi connectivity index (χ1) is 24.2. The van der Waals surface area contributed by atoms with Crippen LogP contribution >= 0.6 is 0 Å². The van der Waals surface area contributed by atoms with Gasteiger partial charge in [0.05, 0.1) is 17.8 Å². The Morgan fingerprint density at radius 3 is 2.65 bits per heavy atom. The number of fused-ring (bicyclic) bond motifs is 4. The summed E-state index contributed by atoms with van der Waals surface area (Å²) in [4.78, 5) is 58.5. The molecule has 2 saturated carbocycles. The van der Waals surface area contributed by atoms with Crippen LogP contribution in [0.2, 0.25) is 0 Å². The molecule has 0 radical (unpaired) electrons.